The van der Waals surface area contributed by atoms with Crippen LogP contribution in [0.2, 0.25) is 0 Å². The zero-order valence-electron chi connectivity index (χ0n) is 12.9. The average Bonchev–Trinajstić information content (AvgIpc) is 2.39. The minimum atomic E-state index is 0.174. The lowest BCUT2D eigenvalue weighted by Crippen LogP contribution is -2.23. The Morgan fingerprint density at radius 2 is 1.84 bits per heavy atom. The van der Waals surface area contributed by atoms with Crippen LogP contribution < -0.4 is 5.32 Å². The van der Waals surface area contributed by atoms with Gasteiger partial charge in [0, 0.05) is 13.2 Å². The second kappa shape index (κ2) is 9.11. The lowest BCUT2D eigenvalue weighted by atomic mass is 10.1. The first-order valence-electron chi connectivity index (χ1n) is 7.52. The second-order valence-electron chi connectivity index (χ2n) is 5.61. The van der Waals surface area contributed by atoms with Gasteiger partial charge in [-0.05, 0) is 37.8 Å². The highest BCUT2D eigenvalue weighted by atomic mass is 16.5. The van der Waals surface area contributed by atoms with E-state index >= 15 is 0 Å². The van der Waals surface area contributed by atoms with Gasteiger partial charge in [-0.15, -0.1) is 0 Å². The molecule has 0 aliphatic heterocycles. The molecule has 0 amide bonds. The highest BCUT2D eigenvalue weighted by Crippen LogP contribution is 2.18. The molecular weight excluding hydrogens is 234 g/mol. The van der Waals surface area contributed by atoms with Crippen molar-refractivity contribution in [2.45, 2.75) is 46.6 Å². The van der Waals surface area contributed by atoms with Crippen molar-refractivity contribution in [1.82, 2.24) is 5.32 Å². The number of hydrogen-bond donors (Lipinski definition) is 1. The van der Waals surface area contributed by atoms with Crippen molar-refractivity contribution in [3.63, 3.8) is 0 Å². The van der Waals surface area contributed by atoms with Crippen LogP contribution in [0.15, 0.2) is 24.3 Å². The second-order valence-corrected chi connectivity index (χ2v) is 5.61. The Kier molecular flexibility index (Phi) is 7.76. The Hall–Kier alpha value is -0.860. The third-order valence-corrected chi connectivity index (χ3v) is 3.27. The van der Waals surface area contributed by atoms with Crippen molar-refractivity contribution in [2.75, 3.05) is 19.7 Å². The van der Waals surface area contributed by atoms with E-state index in [0.29, 0.717) is 0 Å². The minimum Gasteiger partial charge on any atom is -0.372 e. The van der Waals surface area contributed by atoms with Crippen LogP contribution in [0.5, 0.6) is 0 Å². The lowest BCUT2D eigenvalue weighted by molar-refractivity contribution is 0.0490. The first kappa shape index (κ1) is 16.2. The summed E-state index contributed by atoms with van der Waals surface area (Å²) in [6.07, 6.45) is 2.56. The third-order valence-electron chi connectivity index (χ3n) is 3.27. The van der Waals surface area contributed by atoms with Crippen LogP contribution >= 0.6 is 0 Å². The summed E-state index contributed by atoms with van der Waals surface area (Å²) in [7, 11) is 0. The number of hydrogen-bond acceptors (Lipinski definition) is 2. The molecule has 1 N–H and O–H groups in total. The molecule has 0 radical (unpaired) electrons. The van der Waals surface area contributed by atoms with Gasteiger partial charge >= 0.3 is 0 Å². The van der Waals surface area contributed by atoms with Gasteiger partial charge in [0.25, 0.3) is 0 Å². The van der Waals surface area contributed by atoms with Gasteiger partial charge in [0.05, 0.1) is 6.10 Å². The molecule has 1 atom stereocenters. The third kappa shape index (κ3) is 6.74. The van der Waals surface area contributed by atoms with Gasteiger partial charge in [0.15, 0.2) is 0 Å². The SMILES string of the molecule is CCNCC(OCCCC(C)C)c1ccc(C)cc1. The zero-order valence-corrected chi connectivity index (χ0v) is 12.9. The van der Waals surface area contributed by atoms with Gasteiger partial charge in [-0.2, -0.15) is 0 Å². The molecule has 2 nitrogen and oxygen atoms in total. The maximum atomic E-state index is 6.06. The van der Waals surface area contributed by atoms with Crippen molar-refractivity contribution in [1.29, 1.82) is 0 Å². The van der Waals surface area contributed by atoms with E-state index in [9.17, 15) is 0 Å². The molecule has 0 fully saturated rings. The van der Waals surface area contributed by atoms with E-state index in [0.717, 1.165) is 32.0 Å². The Morgan fingerprint density at radius 1 is 1.16 bits per heavy atom. The first-order chi connectivity index (χ1) is 9.13. The molecule has 0 saturated heterocycles. The minimum absolute atomic E-state index is 0.174. The molecule has 108 valence electrons. The quantitative estimate of drug-likeness (QED) is 0.677. The van der Waals surface area contributed by atoms with Gasteiger partial charge in [-0.3, -0.25) is 0 Å². The average molecular weight is 263 g/mol. The number of rotatable bonds is 9. The van der Waals surface area contributed by atoms with Crippen LogP contribution in [0, 0.1) is 12.8 Å². The molecule has 1 rings (SSSR count). The molecule has 0 bridgehead atoms. The Balaban J connectivity index is 2.48. The number of benzene rings is 1. The zero-order chi connectivity index (χ0) is 14.1. The molecule has 1 unspecified atom stereocenters. The van der Waals surface area contributed by atoms with Crippen molar-refractivity contribution >= 4 is 0 Å². The number of aryl methyl sites for hydroxylation is 1. The van der Waals surface area contributed by atoms with E-state index < -0.39 is 0 Å². The van der Waals surface area contributed by atoms with E-state index in [-0.39, 0.29) is 6.10 Å². The van der Waals surface area contributed by atoms with Crippen LogP contribution in [0.4, 0.5) is 0 Å². The molecule has 0 aromatic heterocycles. The fourth-order valence-corrected chi connectivity index (χ4v) is 2.05. The summed E-state index contributed by atoms with van der Waals surface area (Å²) in [5.41, 5.74) is 2.57. The molecule has 1 aromatic rings. The van der Waals surface area contributed by atoms with Gasteiger partial charge in [-0.25, -0.2) is 0 Å². The van der Waals surface area contributed by atoms with Gasteiger partial charge < -0.3 is 10.1 Å². The van der Waals surface area contributed by atoms with Crippen LogP contribution in [0.25, 0.3) is 0 Å². The van der Waals surface area contributed by atoms with Gasteiger partial charge in [0.2, 0.25) is 0 Å². The first-order valence-corrected chi connectivity index (χ1v) is 7.52. The van der Waals surface area contributed by atoms with E-state index in [1.807, 2.05) is 0 Å². The summed E-state index contributed by atoms with van der Waals surface area (Å²) in [6, 6.07) is 8.68. The van der Waals surface area contributed by atoms with Crippen LogP contribution in [-0.4, -0.2) is 19.7 Å². The van der Waals surface area contributed by atoms with Crippen molar-refractivity contribution in [2.24, 2.45) is 5.92 Å². The van der Waals surface area contributed by atoms with E-state index in [2.05, 4.69) is 57.3 Å². The van der Waals surface area contributed by atoms with Gasteiger partial charge in [-0.1, -0.05) is 50.6 Å². The largest absolute Gasteiger partial charge is 0.372 e. The summed E-state index contributed by atoms with van der Waals surface area (Å²) in [6.45, 7) is 11.5. The van der Waals surface area contributed by atoms with E-state index in [4.69, 9.17) is 4.74 Å². The summed E-state index contributed by atoms with van der Waals surface area (Å²) < 4.78 is 6.06. The van der Waals surface area contributed by atoms with Crippen LogP contribution in [-0.2, 0) is 4.74 Å². The fraction of sp³-hybridized carbons (Fsp3) is 0.647. The van der Waals surface area contributed by atoms with Crippen molar-refractivity contribution in [3.05, 3.63) is 35.4 Å². The maximum absolute atomic E-state index is 6.06. The predicted molar refractivity (Wildman–Crippen MR) is 82.5 cm³/mol. The number of ether oxygens (including phenoxy) is 1. The number of nitrogens with one attached hydrogen (secondary N) is 1. The van der Waals surface area contributed by atoms with Crippen molar-refractivity contribution in [3.8, 4) is 0 Å². The molecule has 0 aliphatic rings. The Morgan fingerprint density at radius 3 is 2.42 bits per heavy atom. The summed E-state index contributed by atoms with van der Waals surface area (Å²) in [5, 5.41) is 3.39. The van der Waals surface area contributed by atoms with E-state index in [1.165, 1.54) is 17.5 Å². The smallest absolute Gasteiger partial charge is 0.0949 e. The fourth-order valence-electron chi connectivity index (χ4n) is 2.05. The summed E-state index contributed by atoms with van der Waals surface area (Å²) >= 11 is 0. The summed E-state index contributed by atoms with van der Waals surface area (Å²) in [5.74, 6) is 0.759. The lowest BCUT2D eigenvalue weighted by Gasteiger charge is -2.19. The predicted octanol–water partition coefficient (Wildman–Crippen LogP) is 4.10. The molecule has 19 heavy (non-hydrogen) atoms. The van der Waals surface area contributed by atoms with E-state index in [1.54, 1.807) is 0 Å². The van der Waals surface area contributed by atoms with Crippen LogP contribution in [0.3, 0.4) is 0 Å². The molecule has 0 saturated carbocycles. The highest BCUT2D eigenvalue weighted by molar-refractivity contribution is 5.23. The normalized spacial score (nSPS) is 12.9. The topological polar surface area (TPSA) is 21.3 Å². The van der Waals surface area contributed by atoms with Crippen molar-refractivity contribution < 1.29 is 4.74 Å². The number of likely N-dealkylation sites (N-methyl/N-ethyl adjacent to an activating group) is 1. The van der Waals surface area contributed by atoms with Crippen LogP contribution in [0.1, 0.15) is 50.8 Å². The molecule has 0 heterocycles. The standard InChI is InChI=1S/C17H29NO/c1-5-18-13-17(19-12-6-7-14(2)3)16-10-8-15(4)9-11-16/h8-11,14,17-18H,5-7,12-13H2,1-4H3. The molecule has 0 spiro atoms. The highest BCUT2D eigenvalue weighted by Gasteiger charge is 2.11. The maximum Gasteiger partial charge on any atom is 0.0949 e. The summed E-state index contributed by atoms with van der Waals surface area (Å²) in [4.78, 5) is 0. The molecule has 1 aromatic carbocycles. The molecule has 0 aliphatic carbocycles. The Bertz CT molecular complexity index is 332. The van der Waals surface area contributed by atoms with Gasteiger partial charge in [0.1, 0.15) is 0 Å². The molecule has 2 heteroatoms. The molecular formula is C17H29NO. The Labute approximate surface area is 118 Å². The monoisotopic (exact) mass is 263 g/mol.